The monoisotopic (exact) mass is 735 g/mol. The summed E-state index contributed by atoms with van der Waals surface area (Å²) in [6.07, 6.45) is 13.1. The van der Waals surface area contributed by atoms with Gasteiger partial charge in [0.15, 0.2) is 17.5 Å². The van der Waals surface area contributed by atoms with Crippen LogP contribution in [0.25, 0.3) is 45.3 Å². The summed E-state index contributed by atoms with van der Waals surface area (Å²) in [6.45, 7) is 9.78. The third-order valence-electron chi connectivity index (χ3n) is 14.1. The molecule has 5 aromatic rings. The molecule has 9 rings (SSSR count). The Bertz CT molecular complexity index is 2180. The van der Waals surface area contributed by atoms with Crippen LogP contribution in [0.5, 0.6) is 0 Å². The summed E-state index contributed by atoms with van der Waals surface area (Å²) in [7, 11) is 0. The number of nitriles is 2. The Hall–Kier alpha value is -5.13. The highest BCUT2D eigenvalue weighted by molar-refractivity contribution is 5.75. The SMILES string of the molecule is CC1CC2C[C@H](C)CC(c3ccc(-c4nc(-c5ccc(C67CC(C[C@@H](C)C6)C[C@H](C)C7)cc5)nc(-c5cc(C#N)cc(-c6ccc(C#N)cc6)c5)n4)cc3)(C1)C2. The Morgan fingerprint density at radius 2 is 0.804 bits per heavy atom. The first-order chi connectivity index (χ1) is 27.1. The van der Waals surface area contributed by atoms with Crippen molar-refractivity contribution >= 4 is 0 Å². The summed E-state index contributed by atoms with van der Waals surface area (Å²) in [5.74, 6) is 6.47. The number of rotatable bonds is 6. The van der Waals surface area contributed by atoms with E-state index in [0.717, 1.165) is 63.3 Å². The van der Waals surface area contributed by atoms with Gasteiger partial charge in [-0.1, -0.05) is 88.4 Å². The molecule has 4 aliphatic rings. The summed E-state index contributed by atoms with van der Waals surface area (Å²) >= 11 is 0. The molecule has 0 aliphatic heterocycles. The van der Waals surface area contributed by atoms with Crippen LogP contribution in [-0.2, 0) is 10.8 Å². The van der Waals surface area contributed by atoms with Gasteiger partial charge in [0.05, 0.1) is 23.3 Å². The Morgan fingerprint density at radius 3 is 1.21 bits per heavy atom. The zero-order valence-corrected chi connectivity index (χ0v) is 33.4. The topological polar surface area (TPSA) is 86.2 Å². The molecule has 282 valence electrons. The minimum atomic E-state index is 0.251. The van der Waals surface area contributed by atoms with E-state index in [2.05, 4.69) is 88.4 Å². The maximum absolute atomic E-state index is 10.1. The highest BCUT2D eigenvalue weighted by Gasteiger charge is 2.46. The molecule has 4 aliphatic carbocycles. The number of nitrogens with zero attached hydrogens (tertiary/aromatic N) is 5. The summed E-state index contributed by atoms with van der Waals surface area (Å²) in [5.41, 5.74) is 9.04. The molecule has 5 nitrogen and oxygen atoms in total. The lowest BCUT2D eigenvalue weighted by atomic mass is 9.54. The summed E-state index contributed by atoms with van der Waals surface area (Å²) in [4.78, 5) is 15.5. The summed E-state index contributed by atoms with van der Waals surface area (Å²) in [5, 5.41) is 19.5. The predicted molar refractivity (Wildman–Crippen MR) is 224 cm³/mol. The molecule has 0 radical (unpaired) electrons. The van der Waals surface area contributed by atoms with Crippen LogP contribution in [0.15, 0.2) is 91.0 Å². The number of hydrogen-bond acceptors (Lipinski definition) is 5. The molecule has 5 unspecified atom stereocenters. The molecule has 4 aromatic carbocycles. The van der Waals surface area contributed by atoms with Crippen molar-refractivity contribution in [1.82, 2.24) is 15.0 Å². The van der Waals surface area contributed by atoms with E-state index in [1.54, 1.807) is 0 Å². The van der Waals surface area contributed by atoms with Crippen molar-refractivity contribution in [3.8, 4) is 57.4 Å². The summed E-state index contributed by atoms with van der Waals surface area (Å²) in [6, 6.07) is 36.1. The van der Waals surface area contributed by atoms with Crippen LogP contribution in [-0.4, -0.2) is 15.0 Å². The van der Waals surface area contributed by atoms with Gasteiger partial charge in [-0.15, -0.1) is 0 Å². The molecule has 8 atom stereocenters. The quantitative estimate of drug-likeness (QED) is 0.173. The van der Waals surface area contributed by atoms with E-state index in [9.17, 15) is 10.5 Å². The van der Waals surface area contributed by atoms with Gasteiger partial charge >= 0.3 is 0 Å². The van der Waals surface area contributed by atoms with E-state index >= 15 is 0 Å². The van der Waals surface area contributed by atoms with Crippen LogP contribution in [0.3, 0.4) is 0 Å². The molecule has 56 heavy (non-hydrogen) atoms. The smallest absolute Gasteiger partial charge is 0.164 e. The third-order valence-corrected chi connectivity index (χ3v) is 14.1. The van der Waals surface area contributed by atoms with Crippen molar-refractivity contribution in [3.05, 3.63) is 113 Å². The van der Waals surface area contributed by atoms with Crippen molar-refractivity contribution in [1.29, 1.82) is 10.5 Å². The average Bonchev–Trinajstić information content (AvgIpc) is 3.19. The van der Waals surface area contributed by atoms with E-state index in [4.69, 9.17) is 15.0 Å². The molecule has 1 aromatic heterocycles. The fraction of sp³-hybridized carbons (Fsp3) is 0.431. The van der Waals surface area contributed by atoms with E-state index in [1.165, 1.54) is 75.3 Å². The van der Waals surface area contributed by atoms with Crippen molar-refractivity contribution in [2.45, 2.75) is 103 Å². The molecule has 4 bridgehead atoms. The van der Waals surface area contributed by atoms with Crippen LogP contribution in [0.4, 0.5) is 0 Å². The van der Waals surface area contributed by atoms with Crippen LogP contribution >= 0.6 is 0 Å². The van der Waals surface area contributed by atoms with Crippen LogP contribution < -0.4 is 0 Å². The normalized spacial score (nSPS) is 29.5. The van der Waals surface area contributed by atoms with E-state index in [0.29, 0.717) is 28.6 Å². The van der Waals surface area contributed by atoms with Crippen molar-refractivity contribution in [2.75, 3.05) is 0 Å². The van der Waals surface area contributed by atoms with Gasteiger partial charge in [0.25, 0.3) is 0 Å². The van der Waals surface area contributed by atoms with Crippen molar-refractivity contribution in [2.24, 2.45) is 35.5 Å². The lowest BCUT2D eigenvalue weighted by molar-refractivity contribution is 0.0779. The number of fused-ring (bicyclic) bond motifs is 4. The second-order valence-corrected chi connectivity index (χ2v) is 18.9. The molecule has 0 N–H and O–H groups in total. The Morgan fingerprint density at radius 1 is 0.429 bits per heavy atom. The predicted octanol–water partition coefficient (Wildman–Crippen LogP) is 12.5. The van der Waals surface area contributed by atoms with Gasteiger partial charge in [-0.05, 0) is 163 Å². The number of benzene rings is 4. The first-order valence-corrected chi connectivity index (χ1v) is 21.1. The second kappa shape index (κ2) is 14.4. The van der Waals surface area contributed by atoms with Gasteiger partial charge in [0.1, 0.15) is 0 Å². The maximum Gasteiger partial charge on any atom is 0.164 e. The number of aromatic nitrogens is 3. The van der Waals surface area contributed by atoms with Gasteiger partial charge in [-0.3, -0.25) is 0 Å². The molecular formula is C51H53N5. The van der Waals surface area contributed by atoms with Crippen LogP contribution in [0.2, 0.25) is 0 Å². The zero-order chi connectivity index (χ0) is 38.6. The summed E-state index contributed by atoms with van der Waals surface area (Å²) < 4.78 is 0. The highest BCUT2D eigenvalue weighted by atomic mass is 15.0. The van der Waals surface area contributed by atoms with E-state index in [1.807, 2.05) is 42.5 Å². The lowest BCUT2D eigenvalue weighted by Crippen LogP contribution is -2.42. The molecule has 0 saturated heterocycles. The fourth-order valence-electron chi connectivity index (χ4n) is 12.5. The molecular weight excluding hydrogens is 683 g/mol. The zero-order valence-electron chi connectivity index (χ0n) is 33.4. The second-order valence-electron chi connectivity index (χ2n) is 18.9. The van der Waals surface area contributed by atoms with Crippen LogP contribution in [0.1, 0.15) is 114 Å². The third kappa shape index (κ3) is 6.96. The molecule has 1 heterocycles. The molecule has 0 amide bonds. The van der Waals surface area contributed by atoms with Crippen LogP contribution in [0, 0.1) is 58.2 Å². The minimum absolute atomic E-state index is 0.251. The Balaban J connectivity index is 1.13. The van der Waals surface area contributed by atoms with E-state index < -0.39 is 0 Å². The van der Waals surface area contributed by atoms with Gasteiger partial charge < -0.3 is 0 Å². The van der Waals surface area contributed by atoms with E-state index in [-0.39, 0.29) is 10.8 Å². The van der Waals surface area contributed by atoms with Gasteiger partial charge in [0, 0.05) is 16.7 Å². The largest absolute Gasteiger partial charge is 0.208 e. The molecule has 4 saturated carbocycles. The Labute approximate surface area is 333 Å². The Kier molecular flexibility index (Phi) is 9.40. The maximum atomic E-state index is 10.1. The average molecular weight is 736 g/mol. The first-order valence-electron chi connectivity index (χ1n) is 21.1. The molecule has 5 heteroatoms. The number of hydrogen-bond donors (Lipinski definition) is 0. The minimum Gasteiger partial charge on any atom is -0.208 e. The molecule has 4 fully saturated rings. The lowest BCUT2D eigenvalue weighted by Gasteiger charge is -2.50. The van der Waals surface area contributed by atoms with Gasteiger partial charge in [-0.25, -0.2) is 15.0 Å². The van der Waals surface area contributed by atoms with Crippen molar-refractivity contribution in [3.63, 3.8) is 0 Å². The van der Waals surface area contributed by atoms with Crippen molar-refractivity contribution < 1.29 is 0 Å². The highest BCUT2D eigenvalue weighted by Crippen LogP contribution is 2.55. The van der Waals surface area contributed by atoms with Gasteiger partial charge in [-0.2, -0.15) is 10.5 Å². The molecule has 0 spiro atoms. The first kappa shape index (κ1) is 36.5. The fourth-order valence-corrected chi connectivity index (χ4v) is 12.5. The van der Waals surface area contributed by atoms with Gasteiger partial charge in [0.2, 0.25) is 0 Å². The standard InChI is InChI=1S/C51H53N5/c1-32-17-37-18-33(2)25-50(24-32,28-37)45-13-9-41(10-14-45)47-54-48(42-11-15-46(16-12-42)51-26-34(3)19-38(29-51)20-35(4)27-51)56-49(55-47)44-22-39(31-53)21-43(23-44)40-7-5-36(30-52)6-8-40/h5-16,21-23,32-35,37-38H,17-20,24-29H2,1-4H3/t32-,33+,34-,35?,37?,38?,50?,51?/m0/s1.